The summed E-state index contributed by atoms with van der Waals surface area (Å²) in [4.78, 5) is 0. The number of benzene rings is 3. The zero-order valence-electron chi connectivity index (χ0n) is 18.7. The third-order valence-corrected chi connectivity index (χ3v) is 10.7. The number of fused-ring (bicyclic) bond motifs is 3. The van der Waals surface area contributed by atoms with Crippen molar-refractivity contribution in [3.63, 3.8) is 0 Å². The molecule has 0 saturated carbocycles. The molecule has 0 aliphatic heterocycles. The quantitative estimate of drug-likeness (QED) is 0.329. The van der Waals surface area contributed by atoms with Gasteiger partial charge in [0.1, 0.15) is 11.5 Å². The molecule has 0 amide bonds. The van der Waals surface area contributed by atoms with Gasteiger partial charge in [0.25, 0.3) is 8.32 Å². The van der Waals surface area contributed by atoms with Crippen LogP contribution >= 0.6 is 0 Å². The summed E-state index contributed by atoms with van der Waals surface area (Å²) in [6.45, 7) is 16.0. The van der Waals surface area contributed by atoms with E-state index in [0.29, 0.717) is 0 Å². The van der Waals surface area contributed by atoms with Crippen molar-refractivity contribution in [2.75, 3.05) is 7.11 Å². The molecule has 0 unspecified atom stereocenters. The second-order valence-corrected chi connectivity index (χ2v) is 13.8. The van der Waals surface area contributed by atoms with Gasteiger partial charge in [0.2, 0.25) is 0 Å². The topological polar surface area (TPSA) is 18.5 Å². The molecule has 0 fully saturated rings. The van der Waals surface area contributed by atoms with Crippen molar-refractivity contribution >= 4 is 29.9 Å². The van der Waals surface area contributed by atoms with Crippen LogP contribution < -0.4 is 9.16 Å². The van der Waals surface area contributed by atoms with E-state index in [9.17, 15) is 0 Å². The van der Waals surface area contributed by atoms with Gasteiger partial charge in [0.05, 0.1) is 7.11 Å². The summed E-state index contributed by atoms with van der Waals surface area (Å²) in [6, 6.07) is 13.0. The minimum atomic E-state index is -2.00. The normalized spacial score (nSPS) is 12.6. The molecule has 0 atom stereocenters. The Hall–Kier alpha value is -2.00. The van der Waals surface area contributed by atoms with E-state index in [-0.39, 0.29) is 5.04 Å². The van der Waals surface area contributed by atoms with Gasteiger partial charge in [-0.05, 0) is 53.4 Å². The maximum absolute atomic E-state index is 7.04. The van der Waals surface area contributed by atoms with Gasteiger partial charge in [0.15, 0.2) is 0 Å². The van der Waals surface area contributed by atoms with Gasteiger partial charge in [-0.15, -0.1) is 0 Å². The largest absolute Gasteiger partial charge is 0.543 e. The number of methoxy groups -OCH3 is 1. The zero-order valence-corrected chi connectivity index (χ0v) is 19.7. The Morgan fingerprint density at radius 2 is 1.43 bits per heavy atom. The molecule has 3 aromatic carbocycles. The minimum Gasteiger partial charge on any atom is -0.543 e. The monoisotopic (exact) mass is 394 g/mol. The molecule has 3 heteroatoms. The number of rotatable bonds is 5. The van der Waals surface area contributed by atoms with E-state index in [2.05, 4.69) is 84.1 Å². The second kappa shape index (κ2) is 7.44. The van der Waals surface area contributed by atoms with Gasteiger partial charge in [0, 0.05) is 16.3 Å². The van der Waals surface area contributed by atoms with Crippen LogP contribution in [0.15, 0.2) is 36.4 Å². The van der Waals surface area contributed by atoms with E-state index in [1.54, 1.807) is 7.11 Å². The standard InChI is InChI=1S/C25H34O2Si/c1-9-18-19(10-2)24(27-28(7,8)25(3,4)5)22-20-14-12-11-13-17(20)15-16-21(22)23(18)26-6/h11-16H,9-10H2,1-8H3. The lowest BCUT2D eigenvalue weighted by molar-refractivity contribution is 0.413. The first-order valence-corrected chi connectivity index (χ1v) is 13.3. The molecule has 0 aliphatic rings. The molecule has 0 spiro atoms. The highest BCUT2D eigenvalue weighted by atomic mass is 28.4. The SMILES string of the molecule is CCc1c(CC)c(O[Si](C)(C)C(C)(C)C)c2c(ccc3ccccc32)c1OC. The summed E-state index contributed by atoms with van der Waals surface area (Å²) in [6.07, 6.45) is 1.87. The first kappa shape index (κ1) is 20.7. The fourth-order valence-electron chi connectivity index (χ4n) is 3.79. The fourth-order valence-corrected chi connectivity index (χ4v) is 4.84. The molecule has 0 bridgehead atoms. The molecule has 3 rings (SSSR count). The van der Waals surface area contributed by atoms with E-state index < -0.39 is 8.32 Å². The van der Waals surface area contributed by atoms with Crippen molar-refractivity contribution in [3.05, 3.63) is 47.5 Å². The molecular formula is C25H34O2Si. The van der Waals surface area contributed by atoms with Crippen molar-refractivity contribution in [2.24, 2.45) is 0 Å². The Bertz CT molecular complexity index is 1010. The summed E-state index contributed by atoms with van der Waals surface area (Å²) in [5, 5.41) is 4.98. The predicted octanol–water partition coefficient (Wildman–Crippen LogP) is 7.51. The van der Waals surface area contributed by atoms with Crippen LogP contribution in [-0.2, 0) is 12.8 Å². The van der Waals surface area contributed by atoms with Crippen molar-refractivity contribution < 1.29 is 9.16 Å². The van der Waals surface area contributed by atoms with Crippen LogP contribution in [-0.4, -0.2) is 15.4 Å². The first-order chi connectivity index (χ1) is 13.2. The van der Waals surface area contributed by atoms with Gasteiger partial charge in [-0.25, -0.2) is 0 Å². The van der Waals surface area contributed by atoms with E-state index in [1.807, 2.05) is 0 Å². The highest BCUT2D eigenvalue weighted by Gasteiger charge is 2.40. The maximum atomic E-state index is 7.04. The van der Waals surface area contributed by atoms with E-state index >= 15 is 0 Å². The average Bonchev–Trinajstić information content (AvgIpc) is 2.65. The maximum Gasteiger partial charge on any atom is 0.250 e. The van der Waals surface area contributed by atoms with Crippen LogP contribution in [0.25, 0.3) is 21.5 Å². The Labute approximate surface area is 171 Å². The lowest BCUT2D eigenvalue weighted by Crippen LogP contribution is -2.44. The lowest BCUT2D eigenvalue weighted by atomic mass is 9.92. The van der Waals surface area contributed by atoms with Crippen molar-refractivity contribution in [1.82, 2.24) is 0 Å². The van der Waals surface area contributed by atoms with Crippen molar-refractivity contribution in [1.29, 1.82) is 0 Å². The van der Waals surface area contributed by atoms with Crippen molar-refractivity contribution in [2.45, 2.75) is 65.6 Å². The summed E-state index contributed by atoms with van der Waals surface area (Å²) in [5.41, 5.74) is 2.58. The van der Waals surface area contributed by atoms with Crippen LogP contribution in [0, 0.1) is 0 Å². The summed E-state index contributed by atoms with van der Waals surface area (Å²) >= 11 is 0. The highest BCUT2D eigenvalue weighted by molar-refractivity contribution is 6.74. The smallest absolute Gasteiger partial charge is 0.250 e. The van der Waals surface area contributed by atoms with Crippen LogP contribution in [0.4, 0.5) is 0 Å². The third-order valence-electron chi connectivity index (χ3n) is 6.39. The Balaban J connectivity index is 2.50. The molecule has 3 aromatic rings. The molecule has 0 radical (unpaired) electrons. The van der Waals surface area contributed by atoms with Crippen LogP contribution in [0.5, 0.6) is 11.5 Å². The van der Waals surface area contributed by atoms with E-state index in [0.717, 1.165) is 29.7 Å². The Kier molecular flexibility index (Phi) is 5.50. The minimum absolute atomic E-state index is 0.140. The molecule has 0 saturated heterocycles. The number of hydrogen-bond acceptors (Lipinski definition) is 2. The fraction of sp³-hybridized carbons (Fsp3) is 0.440. The molecule has 0 aliphatic carbocycles. The van der Waals surface area contributed by atoms with Crippen LogP contribution in [0.1, 0.15) is 45.7 Å². The Morgan fingerprint density at radius 1 is 0.821 bits per heavy atom. The molecule has 2 nitrogen and oxygen atoms in total. The first-order valence-electron chi connectivity index (χ1n) is 10.4. The molecule has 0 heterocycles. The van der Waals surface area contributed by atoms with Gasteiger partial charge >= 0.3 is 0 Å². The highest BCUT2D eigenvalue weighted by Crippen LogP contribution is 2.47. The van der Waals surface area contributed by atoms with Gasteiger partial charge in [-0.1, -0.05) is 65.0 Å². The average molecular weight is 395 g/mol. The third kappa shape index (κ3) is 3.30. The van der Waals surface area contributed by atoms with Crippen LogP contribution in [0.3, 0.4) is 0 Å². The molecule has 28 heavy (non-hydrogen) atoms. The molecular weight excluding hydrogens is 360 g/mol. The Morgan fingerprint density at radius 3 is 2.00 bits per heavy atom. The summed E-state index contributed by atoms with van der Waals surface area (Å²) in [5.74, 6) is 2.08. The predicted molar refractivity (Wildman–Crippen MR) is 125 cm³/mol. The summed E-state index contributed by atoms with van der Waals surface area (Å²) in [7, 11) is -0.213. The van der Waals surface area contributed by atoms with Gasteiger partial charge in [-0.3, -0.25) is 0 Å². The lowest BCUT2D eigenvalue weighted by Gasteiger charge is -2.38. The number of hydrogen-bond donors (Lipinski definition) is 0. The molecule has 150 valence electrons. The summed E-state index contributed by atoms with van der Waals surface area (Å²) < 4.78 is 13.0. The molecule has 0 N–H and O–H groups in total. The molecule has 0 aromatic heterocycles. The zero-order chi connectivity index (χ0) is 20.7. The van der Waals surface area contributed by atoms with E-state index in [4.69, 9.17) is 9.16 Å². The van der Waals surface area contributed by atoms with E-state index in [1.165, 1.54) is 27.3 Å². The van der Waals surface area contributed by atoms with Crippen molar-refractivity contribution in [3.8, 4) is 11.5 Å². The van der Waals surface area contributed by atoms with Crippen LogP contribution in [0.2, 0.25) is 18.1 Å². The number of ether oxygens (including phenoxy) is 1. The van der Waals surface area contributed by atoms with Gasteiger partial charge in [-0.2, -0.15) is 0 Å². The van der Waals surface area contributed by atoms with Gasteiger partial charge < -0.3 is 9.16 Å². The second-order valence-electron chi connectivity index (χ2n) is 9.10.